The molecule has 0 radical (unpaired) electrons. The van der Waals surface area contributed by atoms with Crippen LogP contribution in [0.3, 0.4) is 0 Å². The minimum Gasteiger partial charge on any atom is -0.467 e. The number of carbonyl (C=O) groups excluding carboxylic acids is 2. The fourth-order valence-corrected chi connectivity index (χ4v) is 1.92. The maximum absolute atomic E-state index is 13.6. The first-order chi connectivity index (χ1) is 10.5. The topological polar surface area (TPSA) is 71.3 Å². The summed E-state index contributed by atoms with van der Waals surface area (Å²) in [5.41, 5.74) is -0.210. The molecule has 0 aliphatic carbocycles. The van der Waals surface area contributed by atoms with E-state index >= 15 is 0 Å². The van der Waals surface area contributed by atoms with E-state index in [-0.39, 0.29) is 17.1 Å². The highest BCUT2D eigenvalue weighted by molar-refractivity contribution is 6.31. The minimum absolute atomic E-state index is 0.206. The molecule has 0 saturated carbocycles. The molecule has 0 bridgehead atoms. The maximum atomic E-state index is 13.6. The number of carbonyl (C=O) groups is 2. The summed E-state index contributed by atoms with van der Waals surface area (Å²) in [4.78, 5) is 23.8. The fourth-order valence-electron chi connectivity index (χ4n) is 1.75. The summed E-state index contributed by atoms with van der Waals surface area (Å²) < 4.78 is 18.6. The van der Waals surface area contributed by atoms with E-state index < -0.39 is 23.7 Å². The van der Waals surface area contributed by atoms with Crippen LogP contribution in [0.1, 0.15) is 23.0 Å². The van der Waals surface area contributed by atoms with Crippen molar-refractivity contribution < 1.29 is 18.4 Å². The first kappa shape index (κ1) is 16.0. The van der Waals surface area contributed by atoms with Gasteiger partial charge in [-0.05, 0) is 37.3 Å². The minimum atomic E-state index is -0.833. The Morgan fingerprint density at radius 2 is 2.14 bits per heavy atom. The number of hydrogen-bond donors (Lipinski definition) is 2. The maximum Gasteiger partial charge on any atom is 0.254 e. The Bertz CT molecular complexity index is 673. The highest BCUT2D eigenvalue weighted by Crippen LogP contribution is 2.14. The number of hydrogen-bond acceptors (Lipinski definition) is 3. The van der Waals surface area contributed by atoms with Crippen LogP contribution in [0.25, 0.3) is 0 Å². The lowest BCUT2D eigenvalue weighted by molar-refractivity contribution is -0.122. The Morgan fingerprint density at radius 1 is 1.36 bits per heavy atom. The van der Waals surface area contributed by atoms with Crippen LogP contribution in [-0.4, -0.2) is 17.9 Å². The molecule has 2 rings (SSSR count). The monoisotopic (exact) mass is 324 g/mol. The van der Waals surface area contributed by atoms with Gasteiger partial charge in [0.1, 0.15) is 17.6 Å². The highest BCUT2D eigenvalue weighted by atomic mass is 35.5. The van der Waals surface area contributed by atoms with E-state index in [1.165, 1.54) is 25.3 Å². The molecule has 1 atom stereocenters. The molecule has 2 N–H and O–H groups in total. The van der Waals surface area contributed by atoms with Gasteiger partial charge in [-0.25, -0.2) is 4.39 Å². The third-order valence-electron chi connectivity index (χ3n) is 2.93. The zero-order valence-corrected chi connectivity index (χ0v) is 12.5. The van der Waals surface area contributed by atoms with E-state index in [0.29, 0.717) is 5.76 Å². The van der Waals surface area contributed by atoms with Gasteiger partial charge in [-0.15, -0.1) is 0 Å². The molecule has 0 aliphatic rings. The van der Waals surface area contributed by atoms with Crippen LogP contribution < -0.4 is 10.6 Å². The number of nitrogens with one attached hydrogen (secondary N) is 2. The molecule has 22 heavy (non-hydrogen) atoms. The normalized spacial score (nSPS) is 11.8. The van der Waals surface area contributed by atoms with E-state index in [0.717, 1.165) is 6.07 Å². The zero-order valence-electron chi connectivity index (χ0n) is 11.7. The second-order valence-corrected chi connectivity index (χ2v) is 5.05. The summed E-state index contributed by atoms with van der Waals surface area (Å²) in [5.74, 6) is -1.23. The number of furan rings is 1. The molecular formula is C15H14ClFN2O3. The van der Waals surface area contributed by atoms with Crippen molar-refractivity contribution in [2.24, 2.45) is 0 Å². The molecule has 5 nitrogen and oxygen atoms in total. The van der Waals surface area contributed by atoms with Crippen LogP contribution in [0.2, 0.25) is 5.02 Å². The van der Waals surface area contributed by atoms with Gasteiger partial charge in [-0.2, -0.15) is 0 Å². The molecule has 1 aromatic carbocycles. The Labute approximate surface area is 131 Å². The quantitative estimate of drug-likeness (QED) is 0.887. The molecule has 0 unspecified atom stereocenters. The van der Waals surface area contributed by atoms with Gasteiger partial charge >= 0.3 is 0 Å². The van der Waals surface area contributed by atoms with E-state index in [2.05, 4.69) is 10.6 Å². The van der Waals surface area contributed by atoms with E-state index in [1.807, 2.05) is 0 Å². The van der Waals surface area contributed by atoms with Crippen LogP contribution in [0.15, 0.2) is 41.0 Å². The van der Waals surface area contributed by atoms with Crippen molar-refractivity contribution in [3.8, 4) is 0 Å². The second kappa shape index (κ2) is 7.09. The summed E-state index contributed by atoms with van der Waals surface area (Å²) in [6.45, 7) is 1.70. The predicted molar refractivity (Wildman–Crippen MR) is 78.9 cm³/mol. The summed E-state index contributed by atoms with van der Waals surface area (Å²) >= 11 is 5.73. The van der Waals surface area contributed by atoms with Crippen LogP contribution >= 0.6 is 11.6 Å². The van der Waals surface area contributed by atoms with Crippen molar-refractivity contribution in [1.29, 1.82) is 0 Å². The number of rotatable bonds is 5. The highest BCUT2D eigenvalue weighted by Gasteiger charge is 2.19. The number of halogens is 2. The number of amides is 2. The van der Waals surface area contributed by atoms with Crippen molar-refractivity contribution in [1.82, 2.24) is 10.6 Å². The predicted octanol–water partition coefficient (Wildman–Crippen LogP) is 2.51. The molecule has 1 aromatic heterocycles. The molecule has 7 heteroatoms. The zero-order chi connectivity index (χ0) is 16.1. The lowest BCUT2D eigenvalue weighted by Crippen LogP contribution is -2.44. The van der Waals surface area contributed by atoms with Crippen molar-refractivity contribution in [2.75, 3.05) is 0 Å². The summed E-state index contributed by atoms with van der Waals surface area (Å²) in [6.07, 6.45) is 1.49. The van der Waals surface area contributed by atoms with Gasteiger partial charge in [0.15, 0.2) is 0 Å². The first-order valence-electron chi connectivity index (χ1n) is 6.53. The molecule has 2 aromatic rings. The molecule has 0 saturated heterocycles. The van der Waals surface area contributed by atoms with E-state index in [9.17, 15) is 14.0 Å². The fraction of sp³-hybridized carbons (Fsp3) is 0.200. The van der Waals surface area contributed by atoms with Crippen LogP contribution in [0.4, 0.5) is 4.39 Å². The summed E-state index contributed by atoms with van der Waals surface area (Å²) in [5, 5.41) is 5.25. The SMILES string of the molecule is C[C@@H](NC(=O)c1cc(Cl)ccc1F)C(=O)NCc1ccco1. The first-order valence-corrected chi connectivity index (χ1v) is 6.91. The van der Waals surface area contributed by atoms with Crippen molar-refractivity contribution >= 4 is 23.4 Å². The molecule has 0 fully saturated rings. The largest absolute Gasteiger partial charge is 0.467 e. The second-order valence-electron chi connectivity index (χ2n) is 4.62. The van der Waals surface area contributed by atoms with Gasteiger partial charge in [-0.3, -0.25) is 9.59 Å². The molecular weight excluding hydrogens is 311 g/mol. The molecule has 0 spiro atoms. The van der Waals surface area contributed by atoms with Gasteiger partial charge < -0.3 is 15.1 Å². The van der Waals surface area contributed by atoms with Gasteiger partial charge in [0, 0.05) is 5.02 Å². The third-order valence-corrected chi connectivity index (χ3v) is 3.17. The average Bonchev–Trinajstić information content (AvgIpc) is 3.00. The smallest absolute Gasteiger partial charge is 0.254 e. The lowest BCUT2D eigenvalue weighted by atomic mass is 10.2. The third kappa shape index (κ3) is 4.08. The Hall–Kier alpha value is -2.34. The van der Waals surface area contributed by atoms with E-state index in [1.54, 1.807) is 12.1 Å². The summed E-state index contributed by atoms with van der Waals surface area (Å²) in [6, 6.07) is 6.23. The number of benzene rings is 1. The van der Waals surface area contributed by atoms with Gasteiger partial charge in [0.05, 0.1) is 18.4 Å². The Kier molecular flexibility index (Phi) is 5.16. The molecule has 1 heterocycles. The van der Waals surface area contributed by atoms with Crippen LogP contribution in [-0.2, 0) is 11.3 Å². The van der Waals surface area contributed by atoms with E-state index in [4.69, 9.17) is 16.0 Å². The average molecular weight is 325 g/mol. The summed E-state index contributed by atoms with van der Waals surface area (Å²) in [7, 11) is 0. The van der Waals surface area contributed by atoms with Crippen molar-refractivity contribution in [3.63, 3.8) is 0 Å². The Balaban J connectivity index is 1.92. The lowest BCUT2D eigenvalue weighted by Gasteiger charge is -2.14. The van der Waals surface area contributed by atoms with Crippen LogP contribution in [0.5, 0.6) is 0 Å². The van der Waals surface area contributed by atoms with Gasteiger partial charge in [0.25, 0.3) is 5.91 Å². The van der Waals surface area contributed by atoms with Gasteiger partial charge in [-0.1, -0.05) is 11.6 Å². The van der Waals surface area contributed by atoms with Crippen LogP contribution in [0, 0.1) is 5.82 Å². The van der Waals surface area contributed by atoms with Crippen molar-refractivity contribution in [2.45, 2.75) is 19.5 Å². The molecule has 116 valence electrons. The van der Waals surface area contributed by atoms with Gasteiger partial charge in [0.2, 0.25) is 5.91 Å². The standard InChI is InChI=1S/C15H14ClFN2O3/c1-9(14(20)18-8-11-3-2-6-22-11)19-15(21)12-7-10(16)4-5-13(12)17/h2-7,9H,8H2,1H3,(H,18,20)(H,19,21)/t9-/m1/s1. The Morgan fingerprint density at radius 3 is 2.82 bits per heavy atom. The molecule has 0 aliphatic heterocycles. The molecule has 2 amide bonds. The van der Waals surface area contributed by atoms with Crippen molar-refractivity contribution in [3.05, 3.63) is 58.8 Å².